The molecule has 0 atom stereocenters. The lowest BCUT2D eigenvalue weighted by Crippen LogP contribution is -2.54. The summed E-state index contributed by atoms with van der Waals surface area (Å²) in [5, 5.41) is 28.9. The Balaban J connectivity index is 2.72. The Morgan fingerprint density at radius 3 is 1.74 bits per heavy atom. The van der Waals surface area contributed by atoms with E-state index in [2.05, 4.69) is 0 Å². The SMILES string of the molecule is CC(C)(c1cccc(O)c1)c1ccc(O)c(C(O)(C(F)(F)F)C(F)(F)F)c1. The van der Waals surface area contributed by atoms with Crippen molar-refractivity contribution in [3.05, 3.63) is 59.2 Å². The predicted molar refractivity (Wildman–Crippen MR) is 84.3 cm³/mol. The molecule has 0 bridgehead atoms. The smallest absolute Gasteiger partial charge is 0.430 e. The van der Waals surface area contributed by atoms with Gasteiger partial charge in [0, 0.05) is 11.0 Å². The average molecular weight is 394 g/mol. The Morgan fingerprint density at radius 2 is 1.26 bits per heavy atom. The lowest BCUT2D eigenvalue weighted by molar-refractivity contribution is -0.376. The monoisotopic (exact) mass is 394 g/mol. The molecule has 0 heterocycles. The minimum atomic E-state index is -6.11. The lowest BCUT2D eigenvalue weighted by Gasteiger charge is -2.34. The highest BCUT2D eigenvalue weighted by molar-refractivity contribution is 5.48. The summed E-state index contributed by atoms with van der Waals surface area (Å²) in [7, 11) is 0. The molecule has 3 nitrogen and oxygen atoms in total. The Bertz CT molecular complexity index is 826. The number of hydrogen-bond acceptors (Lipinski definition) is 3. The fourth-order valence-electron chi connectivity index (χ4n) is 2.74. The Morgan fingerprint density at radius 1 is 0.741 bits per heavy atom. The van der Waals surface area contributed by atoms with Crippen molar-refractivity contribution in [3.8, 4) is 11.5 Å². The fourth-order valence-corrected chi connectivity index (χ4v) is 2.74. The van der Waals surface area contributed by atoms with Crippen LogP contribution in [0.3, 0.4) is 0 Å². The van der Waals surface area contributed by atoms with Crippen LogP contribution in [0.15, 0.2) is 42.5 Å². The molecule has 0 aliphatic carbocycles. The van der Waals surface area contributed by atoms with Gasteiger partial charge in [-0.2, -0.15) is 26.3 Å². The molecule has 0 spiro atoms. The first-order chi connectivity index (χ1) is 12.1. The third-order valence-corrected chi connectivity index (χ3v) is 4.50. The molecular weight excluding hydrogens is 378 g/mol. The quantitative estimate of drug-likeness (QED) is 0.660. The number of phenols is 2. The van der Waals surface area contributed by atoms with Crippen LogP contribution in [0.25, 0.3) is 0 Å². The molecular formula is C18H16F6O3. The van der Waals surface area contributed by atoms with Gasteiger partial charge < -0.3 is 15.3 Å². The van der Waals surface area contributed by atoms with Crippen LogP contribution in [0.5, 0.6) is 11.5 Å². The van der Waals surface area contributed by atoms with E-state index in [4.69, 9.17) is 0 Å². The van der Waals surface area contributed by atoms with Crippen LogP contribution >= 0.6 is 0 Å². The summed E-state index contributed by atoms with van der Waals surface area (Å²) >= 11 is 0. The molecule has 0 unspecified atom stereocenters. The van der Waals surface area contributed by atoms with Crippen molar-refractivity contribution >= 4 is 0 Å². The third-order valence-electron chi connectivity index (χ3n) is 4.50. The number of aliphatic hydroxyl groups is 1. The van der Waals surface area contributed by atoms with Crippen molar-refractivity contribution in [2.45, 2.75) is 37.2 Å². The van der Waals surface area contributed by atoms with Gasteiger partial charge in [-0.25, -0.2) is 0 Å². The molecule has 0 saturated carbocycles. The van der Waals surface area contributed by atoms with Crippen molar-refractivity contribution in [2.24, 2.45) is 0 Å². The van der Waals surface area contributed by atoms with Crippen LogP contribution in [0.2, 0.25) is 0 Å². The van der Waals surface area contributed by atoms with Crippen LogP contribution in [0.4, 0.5) is 26.3 Å². The maximum absolute atomic E-state index is 13.2. The highest BCUT2D eigenvalue weighted by atomic mass is 19.4. The van der Waals surface area contributed by atoms with E-state index in [0.717, 1.165) is 6.07 Å². The number of alkyl halides is 6. The topological polar surface area (TPSA) is 60.7 Å². The molecule has 9 heteroatoms. The van der Waals surface area contributed by atoms with Gasteiger partial charge >= 0.3 is 12.4 Å². The van der Waals surface area contributed by atoms with Crippen molar-refractivity contribution in [1.82, 2.24) is 0 Å². The normalized spacial score (nSPS) is 13.7. The summed E-state index contributed by atoms with van der Waals surface area (Å²) < 4.78 is 78.9. The summed E-state index contributed by atoms with van der Waals surface area (Å²) in [6.07, 6.45) is -12.2. The number of halogens is 6. The standard InChI is InChI=1S/C18H16F6O3/c1-15(2,10-4-3-5-12(25)8-10)11-6-7-14(26)13(9-11)16(27,17(19,20)21)18(22,23)24/h3-9,25-27H,1-2H3. The zero-order valence-electron chi connectivity index (χ0n) is 14.2. The molecule has 0 fully saturated rings. The second kappa shape index (κ2) is 6.33. The van der Waals surface area contributed by atoms with E-state index in [1.807, 2.05) is 0 Å². The highest BCUT2D eigenvalue weighted by Gasteiger charge is 2.72. The molecule has 0 aromatic heterocycles. The number of phenolic OH excluding ortho intramolecular Hbond substituents is 2. The van der Waals surface area contributed by atoms with Crippen LogP contribution in [-0.2, 0) is 11.0 Å². The van der Waals surface area contributed by atoms with E-state index in [1.165, 1.54) is 38.1 Å². The first-order valence-corrected chi connectivity index (χ1v) is 7.61. The van der Waals surface area contributed by atoms with Gasteiger partial charge in [-0.15, -0.1) is 0 Å². The van der Waals surface area contributed by atoms with E-state index in [0.29, 0.717) is 17.7 Å². The molecule has 2 aromatic carbocycles. The van der Waals surface area contributed by atoms with Gasteiger partial charge in [0.15, 0.2) is 0 Å². The zero-order chi connectivity index (χ0) is 20.8. The minimum absolute atomic E-state index is 0.0344. The van der Waals surface area contributed by atoms with Crippen molar-refractivity contribution in [1.29, 1.82) is 0 Å². The van der Waals surface area contributed by atoms with Gasteiger partial charge in [-0.05, 0) is 35.4 Å². The largest absolute Gasteiger partial charge is 0.508 e. The third kappa shape index (κ3) is 3.43. The van der Waals surface area contributed by atoms with E-state index in [9.17, 15) is 41.7 Å². The van der Waals surface area contributed by atoms with Gasteiger partial charge in [0.2, 0.25) is 0 Å². The molecule has 2 rings (SSSR count). The molecule has 0 amide bonds. The van der Waals surface area contributed by atoms with E-state index in [1.54, 1.807) is 0 Å². The molecule has 148 valence electrons. The van der Waals surface area contributed by atoms with Crippen molar-refractivity contribution in [2.75, 3.05) is 0 Å². The molecule has 27 heavy (non-hydrogen) atoms. The summed E-state index contributed by atoms with van der Waals surface area (Å²) in [6.45, 7) is 3.02. The zero-order valence-corrected chi connectivity index (χ0v) is 14.2. The number of hydrogen-bond donors (Lipinski definition) is 3. The summed E-state index contributed by atoms with van der Waals surface area (Å²) in [5.74, 6) is -1.48. The molecule has 0 radical (unpaired) electrons. The van der Waals surface area contributed by atoms with Crippen LogP contribution < -0.4 is 0 Å². The molecule has 0 aliphatic rings. The van der Waals surface area contributed by atoms with Gasteiger partial charge in [0.25, 0.3) is 5.60 Å². The minimum Gasteiger partial charge on any atom is -0.508 e. The first-order valence-electron chi connectivity index (χ1n) is 7.61. The molecule has 0 aliphatic heterocycles. The average Bonchev–Trinajstić information content (AvgIpc) is 2.52. The maximum atomic E-state index is 13.2. The molecule has 3 N–H and O–H groups in total. The van der Waals surface area contributed by atoms with Crippen LogP contribution in [-0.4, -0.2) is 27.7 Å². The van der Waals surface area contributed by atoms with Crippen molar-refractivity contribution in [3.63, 3.8) is 0 Å². The summed E-state index contributed by atoms with van der Waals surface area (Å²) in [5.41, 5.74) is -7.73. The lowest BCUT2D eigenvalue weighted by atomic mass is 9.76. The second-order valence-electron chi connectivity index (χ2n) is 6.61. The van der Waals surface area contributed by atoms with E-state index >= 15 is 0 Å². The molecule has 0 saturated heterocycles. The highest BCUT2D eigenvalue weighted by Crippen LogP contribution is 2.53. The first kappa shape index (κ1) is 20.9. The predicted octanol–water partition coefficient (Wildman–Crippen LogP) is 4.74. The molecule has 2 aromatic rings. The van der Waals surface area contributed by atoms with Gasteiger partial charge in [0.05, 0.1) is 0 Å². The van der Waals surface area contributed by atoms with Gasteiger partial charge in [-0.1, -0.05) is 32.0 Å². The number of benzene rings is 2. The second-order valence-corrected chi connectivity index (χ2v) is 6.61. The Hall–Kier alpha value is -2.42. The van der Waals surface area contributed by atoms with E-state index in [-0.39, 0.29) is 11.3 Å². The van der Waals surface area contributed by atoms with E-state index < -0.39 is 34.7 Å². The van der Waals surface area contributed by atoms with Crippen LogP contribution in [0.1, 0.15) is 30.5 Å². The number of aromatic hydroxyl groups is 2. The van der Waals surface area contributed by atoms with Crippen molar-refractivity contribution < 1.29 is 41.7 Å². The van der Waals surface area contributed by atoms with Crippen LogP contribution in [0, 0.1) is 0 Å². The summed E-state index contributed by atoms with van der Waals surface area (Å²) in [6, 6.07) is 7.95. The Labute approximate surface area is 150 Å². The van der Waals surface area contributed by atoms with Gasteiger partial charge in [-0.3, -0.25) is 0 Å². The Kier molecular flexibility index (Phi) is 4.90. The number of rotatable bonds is 3. The maximum Gasteiger partial charge on any atom is 0.430 e. The fraction of sp³-hybridized carbons (Fsp3) is 0.333. The summed E-state index contributed by atoms with van der Waals surface area (Å²) in [4.78, 5) is 0. The van der Waals surface area contributed by atoms with Gasteiger partial charge in [0.1, 0.15) is 11.5 Å².